The molecule has 3 rings (SSSR count). The highest BCUT2D eigenvalue weighted by molar-refractivity contribution is 6.05. The van der Waals surface area contributed by atoms with Crippen LogP contribution in [0.3, 0.4) is 0 Å². The Hall–Kier alpha value is -3.23. The lowest BCUT2D eigenvalue weighted by atomic mass is 10.2. The molecule has 2 heterocycles. The van der Waals surface area contributed by atoms with Crippen LogP contribution >= 0.6 is 0 Å². The van der Waals surface area contributed by atoms with Gasteiger partial charge in [-0.3, -0.25) is 14.9 Å². The lowest BCUT2D eigenvalue weighted by Gasteiger charge is -2.07. The highest BCUT2D eigenvalue weighted by atomic mass is 16.5. The predicted molar refractivity (Wildman–Crippen MR) is 81.5 cm³/mol. The molecule has 1 atom stereocenters. The summed E-state index contributed by atoms with van der Waals surface area (Å²) in [5.74, 6) is 0.0493. The van der Waals surface area contributed by atoms with Gasteiger partial charge in [0, 0.05) is 18.5 Å². The molecule has 0 radical (unpaired) electrons. The highest BCUT2D eigenvalue weighted by Crippen LogP contribution is 2.15. The van der Waals surface area contributed by atoms with Crippen molar-refractivity contribution in [2.24, 2.45) is 0 Å². The monoisotopic (exact) mass is 329 g/mol. The van der Waals surface area contributed by atoms with Gasteiger partial charge in [-0.1, -0.05) is 23.4 Å². The molecule has 3 N–H and O–H groups in total. The van der Waals surface area contributed by atoms with Gasteiger partial charge in [-0.15, -0.1) is 0 Å². The first-order valence-corrected chi connectivity index (χ1v) is 7.38. The minimum absolute atomic E-state index is 0.112. The van der Waals surface area contributed by atoms with Crippen LogP contribution in [0.15, 0.2) is 34.9 Å². The average Bonchev–Trinajstić information content (AvgIpc) is 3.15. The first-order valence-electron chi connectivity index (χ1n) is 7.38. The number of nitrogens with zero attached hydrogens (tertiary/aromatic N) is 2. The summed E-state index contributed by atoms with van der Waals surface area (Å²) in [5, 5.41) is 10.9. The number of benzene rings is 1. The third kappa shape index (κ3) is 3.75. The van der Waals surface area contributed by atoms with Crippen molar-refractivity contribution < 1.29 is 18.9 Å². The molecule has 2 aromatic rings. The SMILES string of the molecule is O=C(CC1NC(=O)NC1=O)NCCc1noc(-c2ccccc2)n1. The first kappa shape index (κ1) is 15.7. The smallest absolute Gasteiger partial charge is 0.322 e. The summed E-state index contributed by atoms with van der Waals surface area (Å²) < 4.78 is 5.17. The Morgan fingerprint density at radius 3 is 2.75 bits per heavy atom. The van der Waals surface area contributed by atoms with Gasteiger partial charge in [0.25, 0.3) is 11.8 Å². The molecule has 0 saturated carbocycles. The van der Waals surface area contributed by atoms with Gasteiger partial charge in [-0.2, -0.15) is 4.98 Å². The fraction of sp³-hybridized carbons (Fsp3) is 0.267. The molecule has 1 saturated heterocycles. The number of hydrogen-bond acceptors (Lipinski definition) is 6. The van der Waals surface area contributed by atoms with Crippen molar-refractivity contribution in [3.05, 3.63) is 36.2 Å². The fourth-order valence-corrected chi connectivity index (χ4v) is 2.23. The molecule has 1 aliphatic heterocycles. The van der Waals surface area contributed by atoms with Crippen LogP contribution < -0.4 is 16.0 Å². The van der Waals surface area contributed by atoms with Crippen molar-refractivity contribution in [1.82, 2.24) is 26.1 Å². The van der Waals surface area contributed by atoms with E-state index >= 15 is 0 Å². The maximum absolute atomic E-state index is 11.8. The van der Waals surface area contributed by atoms with E-state index in [1.165, 1.54) is 0 Å². The molecule has 0 aliphatic carbocycles. The molecule has 1 aliphatic rings. The molecule has 4 amide bonds. The highest BCUT2D eigenvalue weighted by Gasteiger charge is 2.31. The summed E-state index contributed by atoms with van der Waals surface area (Å²) in [6, 6.07) is 7.95. The van der Waals surface area contributed by atoms with E-state index < -0.39 is 18.0 Å². The third-order valence-corrected chi connectivity index (χ3v) is 3.41. The van der Waals surface area contributed by atoms with Gasteiger partial charge in [0.15, 0.2) is 5.82 Å². The molecular weight excluding hydrogens is 314 g/mol. The Balaban J connectivity index is 1.45. The zero-order chi connectivity index (χ0) is 16.9. The van der Waals surface area contributed by atoms with Gasteiger partial charge >= 0.3 is 6.03 Å². The van der Waals surface area contributed by atoms with Gasteiger partial charge in [-0.05, 0) is 12.1 Å². The Morgan fingerprint density at radius 2 is 2.04 bits per heavy atom. The number of carbonyl (C=O) groups excluding carboxylic acids is 3. The van der Waals surface area contributed by atoms with E-state index in [4.69, 9.17) is 4.52 Å². The second-order valence-electron chi connectivity index (χ2n) is 5.20. The molecule has 9 nitrogen and oxygen atoms in total. The molecular formula is C15H15N5O4. The van der Waals surface area contributed by atoms with Gasteiger partial charge in [0.1, 0.15) is 6.04 Å². The van der Waals surface area contributed by atoms with Crippen LogP contribution in [0, 0.1) is 0 Å². The van der Waals surface area contributed by atoms with Crippen LogP contribution in [-0.2, 0) is 16.0 Å². The van der Waals surface area contributed by atoms with E-state index in [2.05, 4.69) is 26.1 Å². The lowest BCUT2D eigenvalue weighted by molar-refractivity contribution is -0.126. The van der Waals surface area contributed by atoms with Crippen LogP contribution in [0.25, 0.3) is 11.5 Å². The molecule has 0 bridgehead atoms. The van der Waals surface area contributed by atoms with Crippen LogP contribution in [0.5, 0.6) is 0 Å². The van der Waals surface area contributed by atoms with Crippen molar-refractivity contribution in [2.45, 2.75) is 18.9 Å². The van der Waals surface area contributed by atoms with Crippen molar-refractivity contribution in [1.29, 1.82) is 0 Å². The fourth-order valence-electron chi connectivity index (χ4n) is 2.23. The minimum atomic E-state index is -0.827. The van der Waals surface area contributed by atoms with Gasteiger partial charge in [0.2, 0.25) is 5.91 Å². The topological polar surface area (TPSA) is 126 Å². The second-order valence-corrected chi connectivity index (χ2v) is 5.20. The molecule has 0 spiro atoms. The Bertz CT molecular complexity index is 758. The maximum atomic E-state index is 11.8. The Morgan fingerprint density at radius 1 is 1.25 bits per heavy atom. The summed E-state index contributed by atoms with van der Waals surface area (Å²) in [7, 11) is 0. The number of nitrogens with one attached hydrogen (secondary N) is 3. The molecule has 1 fully saturated rings. The summed E-state index contributed by atoms with van der Waals surface area (Å²) in [4.78, 5) is 38.3. The average molecular weight is 329 g/mol. The molecule has 1 aromatic heterocycles. The summed E-state index contributed by atoms with van der Waals surface area (Å²) in [6.45, 7) is 0.300. The number of urea groups is 1. The third-order valence-electron chi connectivity index (χ3n) is 3.41. The van der Waals surface area contributed by atoms with Crippen LogP contribution in [-0.4, -0.2) is 40.6 Å². The van der Waals surface area contributed by atoms with Crippen molar-refractivity contribution >= 4 is 17.8 Å². The number of hydrogen-bond donors (Lipinski definition) is 3. The predicted octanol–water partition coefficient (Wildman–Crippen LogP) is -0.00660. The van der Waals surface area contributed by atoms with E-state index in [9.17, 15) is 14.4 Å². The molecule has 1 aromatic carbocycles. The van der Waals surface area contributed by atoms with E-state index in [-0.39, 0.29) is 12.3 Å². The van der Waals surface area contributed by atoms with Gasteiger partial charge < -0.3 is 15.2 Å². The molecule has 1 unspecified atom stereocenters. The first-order chi connectivity index (χ1) is 11.6. The largest absolute Gasteiger partial charge is 0.356 e. The Kier molecular flexibility index (Phi) is 4.50. The van der Waals surface area contributed by atoms with Crippen LogP contribution in [0.4, 0.5) is 4.79 Å². The van der Waals surface area contributed by atoms with Crippen molar-refractivity contribution in [3.8, 4) is 11.5 Å². The summed E-state index contributed by atoms with van der Waals surface area (Å²) in [6.07, 6.45) is 0.282. The number of amides is 4. The Labute approximate surface area is 136 Å². The zero-order valence-electron chi connectivity index (χ0n) is 12.6. The summed E-state index contributed by atoms with van der Waals surface area (Å²) >= 11 is 0. The molecule has 124 valence electrons. The maximum Gasteiger partial charge on any atom is 0.322 e. The van der Waals surface area contributed by atoms with Crippen LogP contribution in [0.2, 0.25) is 0 Å². The van der Waals surface area contributed by atoms with E-state index in [0.717, 1.165) is 5.56 Å². The summed E-state index contributed by atoms with van der Waals surface area (Å²) in [5.41, 5.74) is 0.822. The van der Waals surface area contributed by atoms with E-state index in [0.29, 0.717) is 24.7 Å². The lowest BCUT2D eigenvalue weighted by Crippen LogP contribution is -2.36. The molecule has 24 heavy (non-hydrogen) atoms. The minimum Gasteiger partial charge on any atom is -0.356 e. The number of aromatic nitrogens is 2. The normalized spacial score (nSPS) is 16.6. The zero-order valence-corrected chi connectivity index (χ0v) is 12.6. The van der Waals surface area contributed by atoms with Crippen molar-refractivity contribution in [3.63, 3.8) is 0 Å². The van der Waals surface area contributed by atoms with Crippen molar-refractivity contribution in [2.75, 3.05) is 6.54 Å². The van der Waals surface area contributed by atoms with E-state index in [1.807, 2.05) is 30.3 Å². The van der Waals surface area contributed by atoms with Gasteiger partial charge in [-0.25, -0.2) is 4.79 Å². The molecule has 9 heteroatoms. The van der Waals surface area contributed by atoms with Gasteiger partial charge in [0.05, 0.1) is 6.42 Å². The van der Waals surface area contributed by atoms with E-state index in [1.54, 1.807) is 0 Å². The number of imide groups is 1. The second kappa shape index (κ2) is 6.90. The quantitative estimate of drug-likeness (QED) is 0.640. The number of rotatable bonds is 6. The standard InChI is InChI=1S/C15H15N5O4/c21-12(8-10-13(22)19-15(23)17-10)16-7-6-11-18-14(24-20-11)9-4-2-1-3-5-9/h1-5,10H,6-8H2,(H,16,21)(H2,17,19,22,23). The number of carbonyl (C=O) groups is 3. The van der Waals surface area contributed by atoms with Crippen LogP contribution in [0.1, 0.15) is 12.2 Å².